The molecule has 0 fully saturated rings. The van der Waals surface area contributed by atoms with E-state index in [2.05, 4.69) is 5.32 Å². The molecule has 41 heavy (non-hydrogen) atoms. The van der Waals surface area contributed by atoms with Crippen LogP contribution in [0.25, 0.3) is 0 Å². The molecule has 0 aromatic heterocycles. The summed E-state index contributed by atoms with van der Waals surface area (Å²) in [7, 11) is 0. The predicted octanol–water partition coefficient (Wildman–Crippen LogP) is 6.58. The Morgan fingerprint density at radius 3 is 2.15 bits per heavy atom. The van der Waals surface area contributed by atoms with Gasteiger partial charge in [0.15, 0.2) is 19.0 Å². The molecule has 0 saturated heterocycles. The molecule has 0 aliphatic carbocycles. The van der Waals surface area contributed by atoms with Crippen LogP contribution in [0, 0.1) is 6.92 Å². The van der Waals surface area contributed by atoms with Gasteiger partial charge in [0.25, 0.3) is 5.91 Å². The number of benzene rings is 4. The van der Waals surface area contributed by atoms with Crippen LogP contribution in [0.5, 0.6) is 11.5 Å². The van der Waals surface area contributed by atoms with Crippen LogP contribution in [0.15, 0.2) is 91.0 Å². The molecule has 0 aliphatic heterocycles. The molecule has 4 aromatic rings. The summed E-state index contributed by atoms with van der Waals surface area (Å²) in [6.45, 7) is 1.08. The van der Waals surface area contributed by atoms with Crippen molar-refractivity contribution < 1.29 is 33.4 Å². The number of hydrogen-bond donors (Lipinski definition) is 1. The number of aryl methyl sites for hydroxylation is 1. The predicted molar refractivity (Wildman–Crippen MR) is 154 cm³/mol. The van der Waals surface area contributed by atoms with E-state index >= 15 is 0 Å². The maximum Gasteiger partial charge on any atom is 0.343 e. The van der Waals surface area contributed by atoms with E-state index in [9.17, 15) is 19.2 Å². The summed E-state index contributed by atoms with van der Waals surface area (Å²) >= 11 is 11.9. The van der Waals surface area contributed by atoms with E-state index in [-0.39, 0.29) is 28.5 Å². The second kappa shape index (κ2) is 13.6. The van der Waals surface area contributed by atoms with Crippen LogP contribution in [-0.4, -0.2) is 36.8 Å². The molecule has 1 N–H and O–H groups in total. The lowest BCUT2D eigenvalue weighted by atomic mass is 10.1. The molecule has 10 heteroatoms. The quantitative estimate of drug-likeness (QED) is 0.126. The monoisotopic (exact) mass is 591 g/mol. The molecule has 0 saturated carbocycles. The highest BCUT2D eigenvalue weighted by molar-refractivity contribution is 6.35. The topological polar surface area (TPSA) is 108 Å². The molecule has 0 radical (unpaired) electrons. The number of ether oxygens (including phenoxy) is 3. The SMILES string of the molecule is Cc1ccc(C(=O)Oc2ccc(C(=O)COC(=O)c3cccc(NC(=O)COc4ccc(Cl)cc4Cl)c3)cc2)cc1. The van der Waals surface area contributed by atoms with E-state index < -0.39 is 30.2 Å². The number of halogens is 2. The van der Waals surface area contributed by atoms with E-state index in [0.717, 1.165) is 5.56 Å². The summed E-state index contributed by atoms with van der Waals surface area (Å²) < 4.78 is 15.9. The number of anilines is 1. The number of carbonyl (C=O) groups is 4. The second-order valence-corrected chi connectivity index (χ2v) is 9.62. The third-order valence-corrected chi connectivity index (χ3v) is 6.17. The van der Waals surface area contributed by atoms with Gasteiger partial charge in [-0.15, -0.1) is 0 Å². The average Bonchev–Trinajstić information content (AvgIpc) is 2.96. The van der Waals surface area contributed by atoms with Gasteiger partial charge in [-0.3, -0.25) is 9.59 Å². The lowest BCUT2D eigenvalue weighted by Gasteiger charge is -2.10. The van der Waals surface area contributed by atoms with Crippen LogP contribution in [-0.2, 0) is 9.53 Å². The van der Waals surface area contributed by atoms with E-state index in [0.29, 0.717) is 22.0 Å². The van der Waals surface area contributed by atoms with Crippen molar-refractivity contribution in [3.63, 3.8) is 0 Å². The maximum absolute atomic E-state index is 12.5. The Morgan fingerprint density at radius 2 is 1.44 bits per heavy atom. The Hall–Kier alpha value is -4.66. The van der Waals surface area contributed by atoms with Crippen molar-refractivity contribution in [3.8, 4) is 11.5 Å². The first-order valence-corrected chi connectivity index (χ1v) is 13.0. The molecule has 208 valence electrons. The minimum absolute atomic E-state index is 0.135. The first kappa shape index (κ1) is 29.3. The summed E-state index contributed by atoms with van der Waals surface area (Å²) in [6, 6.07) is 23.5. The smallest absolute Gasteiger partial charge is 0.343 e. The zero-order chi connectivity index (χ0) is 29.4. The second-order valence-electron chi connectivity index (χ2n) is 8.77. The van der Waals surface area contributed by atoms with Crippen LogP contribution < -0.4 is 14.8 Å². The average molecular weight is 592 g/mol. The Bertz CT molecular complexity index is 1590. The zero-order valence-electron chi connectivity index (χ0n) is 21.7. The van der Waals surface area contributed by atoms with Crippen molar-refractivity contribution in [2.75, 3.05) is 18.5 Å². The largest absolute Gasteiger partial charge is 0.482 e. The summed E-state index contributed by atoms with van der Waals surface area (Å²) in [5, 5.41) is 3.32. The summed E-state index contributed by atoms with van der Waals surface area (Å²) in [5.74, 6) is -1.63. The standard InChI is InChI=1S/C31H23Cl2NO7/c1-19-5-7-21(8-6-19)31(38)41-25-12-9-20(10-13-25)27(35)17-40-30(37)22-3-2-4-24(15-22)34-29(36)18-39-28-14-11-23(32)16-26(28)33/h2-16H,17-18H2,1H3,(H,34,36). The molecule has 4 aromatic carbocycles. The molecule has 0 aliphatic rings. The number of hydrogen-bond acceptors (Lipinski definition) is 7. The van der Waals surface area contributed by atoms with Crippen LogP contribution in [0.3, 0.4) is 0 Å². The number of rotatable bonds is 10. The Labute approximate surface area is 245 Å². The highest BCUT2D eigenvalue weighted by Crippen LogP contribution is 2.27. The molecule has 0 atom stereocenters. The van der Waals surface area contributed by atoms with Gasteiger partial charge < -0.3 is 19.5 Å². The van der Waals surface area contributed by atoms with Gasteiger partial charge in [-0.25, -0.2) is 9.59 Å². The van der Waals surface area contributed by atoms with Crippen molar-refractivity contribution in [1.82, 2.24) is 0 Å². The van der Waals surface area contributed by atoms with Crippen molar-refractivity contribution in [2.24, 2.45) is 0 Å². The van der Waals surface area contributed by atoms with Gasteiger partial charge in [-0.1, -0.05) is 47.0 Å². The van der Waals surface area contributed by atoms with Gasteiger partial charge >= 0.3 is 11.9 Å². The fourth-order valence-electron chi connectivity index (χ4n) is 3.52. The van der Waals surface area contributed by atoms with Gasteiger partial charge in [-0.2, -0.15) is 0 Å². The van der Waals surface area contributed by atoms with Crippen LogP contribution in [0.2, 0.25) is 10.0 Å². The lowest BCUT2D eigenvalue weighted by Crippen LogP contribution is -2.20. The lowest BCUT2D eigenvalue weighted by molar-refractivity contribution is -0.118. The van der Waals surface area contributed by atoms with E-state index in [4.69, 9.17) is 37.4 Å². The molecule has 0 spiro atoms. The maximum atomic E-state index is 12.5. The molecule has 0 unspecified atom stereocenters. The number of esters is 2. The van der Waals surface area contributed by atoms with Gasteiger partial charge in [0, 0.05) is 16.3 Å². The van der Waals surface area contributed by atoms with Gasteiger partial charge in [0.1, 0.15) is 11.5 Å². The first-order valence-electron chi connectivity index (χ1n) is 12.2. The number of nitrogens with one attached hydrogen (secondary N) is 1. The van der Waals surface area contributed by atoms with Gasteiger partial charge in [0.2, 0.25) is 0 Å². The molecule has 8 nitrogen and oxygen atoms in total. The number of Topliss-reactive ketones (excluding diaryl/α,β-unsaturated/α-hetero) is 1. The Kier molecular flexibility index (Phi) is 9.73. The summed E-state index contributed by atoms with van der Waals surface area (Å²) in [5.41, 5.74) is 2.16. The van der Waals surface area contributed by atoms with Crippen LogP contribution in [0.4, 0.5) is 5.69 Å². The summed E-state index contributed by atoms with van der Waals surface area (Å²) in [6.07, 6.45) is 0. The van der Waals surface area contributed by atoms with E-state index in [1.807, 2.05) is 19.1 Å². The number of carbonyl (C=O) groups excluding carboxylic acids is 4. The highest BCUT2D eigenvalue weighted by atomic mass is 35.5. The first-order chi connectivity index (χ1) is 19.7. The fourth-order valence-corrected chi connectivity index (χ4v) is 3.98. The molecule has 4 rings (SSSR count). The normalized spacial score (nSPS) is 10.4. The van der Waals surface area contributed by atoms with Crippen molar-refractivity contribution in [2.45, 2.75) is 6.92 Å². The van der Waals surface area contributed by atoms with E-state index in [1.54, 1.807) is 36.4 Å². The van der Waals surface area contributed by atoms with Gasteiger partial charge in [-0.05, 0) is 79.7 Å². The number of amides is 1. The third-order valence-electron chi connectivity index (χ3n) is 5.64. The van der Waals surface area contributed by atoms with Crippen molar-refractivity contribution >= 4 is 52.5 Å². The third kappa shape index (κ3) is 8.41. The minimum Gasteiger partial charge on any atom is -0.482 e. The molecular weight excluding hydrogens is 569 g/mol. The van der Waals surface area contributed by atoms with Crippen LogP contribution >= 0.6 is 23.2 Å². The molecular formula is C31H23Cl2NO7. The fraction of sp³-hybridized carbons (Fsp3) is 0.0968. The number of ketones is 1. The van der Waals surface area contributed by atoms with Gasteiger partial charge in [0.05, 0.1) is 16.1 Å². The van der Waals surface area contributed by atoms with E-state index in [1.165, 1.54) is 42.5 Å². The van der Waals surface area contributed by atoms with Crippen molar-refractivity contribution in [1.29, 1.82) is 0 Å². The minimum atomic E-state index is -0.748. The van der Waals surface area contributed by atoms with Crippen molar-refractivity contribution in [3.05, 3.63) is 123 Å². The highest BCUT2D eigenvalue weighted by Gasteiger charge is 2.15. The molecule has 1 amide bonds. The Morgan fingerprint density at radius 1 is 0.732 bits per heavy atom. The molecule has 0 heterocycles. The zero-order valence-corrected chi connectivity index (χ0v) is 23.2. The van der Waals surface area contributed by atoms with Crippen LogP contribution in [0.1, 0.15) is 36.6 Å². The Balaban J connectivity index is 1.26. The molecule has 0 bridgehead atoms. The summed E-state index contributed by atoms with van der Waals surface area (Å²) in [4.78, 5) is 49.6.